The topological polar surface area (TPSA) is 64.7 Å². The van der Waals surface area contributed by atoms with Crippen LogP contribution in [0, 0.1) is 6.92 Å². The van der Waals surface area contributed by atoms with Gasteiger partial charge in [0.25, 0.3) is 0 Å². The van der Waals surface area contributed by atoms with Gasteiger partial charge in [0.2, 0.25) is 5.91 Å². The average molecular weight is 337 g/mol. The normalized spacial score (nSPS) is 12.1. The first kappa shape index (κ1) is 17.0. The highest BCUT2D eigenvalue weighted by Crippen LogP contribution is 2.25. The molecule has 1 unspecified atom stereocenters. The lowest BCUT2D eigenvalue weighted by Gasteiger charge is -2.17. The van der Waals surface area contributed by atoms with Crippen LogP contribution in [0.3, 0.4) is 0 Å². The number of benzene rings is 1. The predicted octanol–water partition coefficient (Wildman–Crippen LogP) is 3.53. The number of carbonyl (C=O) groups excluding carboxylic acids is 1. The highest BCUT2D eigenvalue weighted by atomic mass is 16.2. The molecular formula is C19H23N5O. The first-order chi connectivity index (χ1) is 12.2. The second-order valence-corrected chi connectivity index (χ2v) is 5.92. The van der Waals surface area contributed by atoms with E-state index in [1.165, 1.54) is 0 Å². The monoisotopic (exact) mass is 337 g/mol. The Morgan fingerprint density at radius 1 is 1.20 bits per heavy atom. The van der Waals surface area contributed by atoms with E-state index >= 15 is 0 Å². The van der Waals surface area contributed by atoms with E-state index in [1.54, 1.807) is 10.9 Å². The molecule has 2 heterocycles. The van der Waals surface area contributed by atoms with Crippen LogP contribution in [-0.2, 0) is 11.2 Å². The molecule has 0 saturated heterocycles. The number of para-hydroxylation sites is 1. The first-order valence-corrected chi connectivity index (χ1v) is 8.59. The van der Waals surface area contributed by atoms with E-state index in [4.69, 9.17) is 0 Å². The summed E-state index contributed by atoms with van der Waals surface area (Å²) in [4.78, 5) is 12.9. The van der Waals surface area contributed by atoms with Gasteiger partial charge in [-0.05, 0) is 38.0 Å². The van der Waals surface area contributed by atoms with Gasteiger partial charge in [-0.25, -0.2) is 4.68 Å². The fraction of sp³-hybridized carbons (Fsp3) is 0.316. The molecule has 0 fully saturated rings. The van der Waals surface area contributed by atoms with Crippen LogP contribution in [0.2, 0.25) is 0 Å². The Kier molecular flexibility index (Phi) is 4.97. The standard InChI is InChI=1S/C19H23N5O/c1-4-16-14(3)18(24(22-16)15-10-7-6-8-11-15)21-19(25)17(5-2)23-13-9-12-20-23/h6-13,17H,4-5H2,1-3H3,(H,21,25). The van der Waals surface area contributed by atoms with Gasteiger partial charge in [0.05, 0.1) is 11.4 Å². The van der Waals surface area contributed by atoms with E-state index in [0.717, 1.165) is 29.2 Å². The van der Waals surface area contributed by atoms with Gasteiger partial charge in [-0.2, -0.15) is 10.2 Å². The van der Waals surface area contributed by atoms with Gasteiger partial charge in [-0.15, -0.1) is 0 Å². The molecule has 1 amide bonds. The first-order valence-electron chi connectivity index (χ1n) is 8.59. The third kappa shape index (κ3) is 3.33. The lowest BCUT2D eigenvalue weighted by molar-refractivity contribution is -0.119. The van der Waals surface area contributed by atoms with E-state index in [2.05, 4.69) is 22.4 Å². The number of hydrogen-bond donors (Lipinski definition) is 1. The number of hydrogen-bond acceptors (Lipinski definition) is 3. The van der Waals surface area contributed by atoms with Crippen LogP contribution < -0.4 is 5.32 Å². The third-order valence-corrected chi connectivity index (χ3v) is 4.33. The van der Waals surface area contributed by atoms with Crippen molar-refractivity contribution in [3.8, 4) is 5.69 Å². The van der Waals surface area contributed by atoms with Crippen LogP contribution in [0.1, 0.15) is 37.6 Å². The number of nitrogens with one attached hydrogen (secondary N) is 1. The predicted molar refractivity (Wildman–Crippen MR) is 97.9 cm³/mol. The Hall–Kier alpha value is -2.89. The van der Waals surface area contributed by atoms with Crippen molar-refractivity contribution in [2.24, 2.45) is 0 Å². The summed E-state index contributed by atoms with van der Waals surface area (Å²) in [5.74, 6) is 0.632. The molecule has 0 aliphatic carbocycles. The summed E-state index contributed by atoms with van der Waals surface area (Å²) in [7, 11) is 0. The molecule has 6 heteroatoms. The maximum absolute atomic E-state index is 12.9. The third-order valence-electron chi connectivity index (χ3n) is 4.33. The molecule has 2 aromatic heterocycles. The molecule has 0 bridgehead atoms. The zero-order chi connectivity index (χ0) is 17.8. The number of aromatic nitrogens is 4. The number of carbonyl (C=O) groups is 1. The van der Waals surface area contributed by atoms with Gasteiger partial charge in [0, 0.05) is 18.0 Å². The maximum Gasteiger partial charge on any atom is 0.250 e. The fourth-order valence-electron chi connectivity index (χ4n) is 2.94. The van der Waals surface area contributed by atoms with Gasteiger partial charge in [0.1, 0.15) is 11.9 Å². The van der Waals surface area contributed by atoms with Crippen LogP contribution in [0.25, 0.3) is 5.69 Å². The van der Waals surface area contributed by atoms with Crippen LogP contribution >= 0.6 is 0 Å². The van der Waals surface area contributed by atoms with Crippen LogP contribution in [-0.4, -0.2) is 25.5 Å². The molecule has 3 rings (SSSR count). The van der Waals surface area contributed by atoms with Crippen molar-refractivity contribution in [3.05, 3.63) is 60.0 Å². The van der Waals surface area contributed by atoms with E-state index < -0.39 is 0 Å². The summed E-state index contributed by atoms with van der Waals surface area (Å²) in [6, 6.07) is 11.3. The number of anilines is 1. The molecule has 130 valence electrons. The van der Waals surface area contributed by atoms with Gasteiger partial charge >= 0.3 is 0 Å². The van der Waals surface area contributed by atoms with Gasteiger partial charge in [0.15, 0.2) is 0 Å². The molecule has 0 aliphatic heterocycles. The summed E-state index contributed by atoms with van der Waals surface area (Å²) < 4.78 is 3.50. The average Bonchev–Trinajstić information content (AvgIpc) is 3.26. The highest BCUT2D eigenvalue weighted by Gasteiger charge is 2.23. The number of rotatable bonds is 6. The number of nitrogens with zero attached hydrogens (tertiary/aromatic N) is 4. The number of amides is 1. The molecule has 0 saturated carbocycles. The molecule has 0 aliphatic rings. The molecule has 1 N–H and O–H groups in total. The molecule has 6 nitrogen and oxygen atoms in total. The summed E-state index contributed by atoms with van der Waals surface area (Å²) in [5.41, 5.74) is 2.90. The minimum Gasteiger partial charge on any atom is -0.308 e. The van der Waals surface area contributed by atoms with Crippen molar-refractivity contribution >= 4 is 11.7 Å². The van der Waals surface area contributed by atoms with Gasteiger partial charge in [-0.3, -0.25) is 9.48 Å². The Labute approximate surface area is 147 Å². The van der Waals surface area contributed by atoms with Crippen molar-refractivity contribution in [2.45, 2.75) is 39.7 Å². The largest absolute Gasteiger partial charge is 0.308 e. The van der Waals surface area contributed by atoms with Gasteiger partial charge in [-0.1, -0.05) is 32.0 Å². The van der Waals surface area contributed by atoms with Crippen molar-refractivity contribution < 1.29 is 4.79 Å². The summed E-state index contributed by atoms with van der Waals surface area (Å²) in [5, 5.41) is 12.0. The van der Waals surface area contributed by atoms with Crippen molar-refractivity contribution in [2.75, 3.05) is 5.32 Å². The SMILES string of the molecule is CCc1nn(-c2ccccc2)c(NC(=O)C(CC)n2cccn2)c1C. The summed E-state index contributed by atoms with van der Waals surface area (Å²) >= 11 is 0. The van der Waals surface area contributed by atoms with Crippen molar-refractivity contribution in [1.82, 2.24) is 19.6 Å². The second-order valence-electron chi connectivity index (χ2n) is 5.92. The zero-order valence-electron chi connectivity index (χ0n) is 14.8. The highest BCUT2D eigenvalue weighted by molar-refractivity contribution is 5.94. The van der Waals surface area contributed by atoms with E-state index in [-0.39, 0.29) is 11.9 Å². The lowest BCUT2D eigenvalue weighted by Crippen LogP contribution is -2.27. The molecule has 1 aromatic carbocycles. The summed E-state index contributed by atoms with van der Waals surface area (Å²) in [6.45, 7) is 6.04. The molecule has 1 atom stereocenters. The Morgan fingerprint density at radius 3 is 2.56 bits per heavy atom. The van der Waals surface area contributed by atoms with E-state index in [0.29, 0.717) is 6.42 Å². The van der Waals surface area contributed by atoms with Crippen molar-refractivity contribution in [1.29, 1.82) is 0 Å². The minimum absolute atomic E-state index is 0.0889. The molecule has 0 spiro atoms. The molecular weight excluding hydrogens is 314 g/mol. The molecule has 0 radical (unpaired) electrons. The quantitative estimate of drug-likeness (QED) is 0.748. The molecule has 25 heavy (non-hydrogen) atoms. The van der Waals surface area contributed by atoms with Gasteiger partial charge < -0.3 is 5.32 Å². The Bertz CT molecular complexity index is 836. The molecule has 3 aromatic rings. The van der Waals surface area contributed by atoms with Crippen molar-refractivity contribution in [3.63, 3.8) is 0 Å². The van der Waals surface area contributed by atoms with Crippen LogP contribution in [0.5, 0.6) is 0 Å². The Morgan fingerprint density at radius 2 is 1.96 bits per heavy atom. The maximum atomic E-state index is 12.9. The smallest absolute Gasteiger partial charge is 0.250 e. The zero-order valence-corrected chi connectivity index (χ0v) is 14.8. The lowest BCUT2D eigenvalue weighted by atomic mass is 10.2. The van der Waals surface area contributed by atoms with Crippen LogP contribution in [0.4, 0.5) is 5.82 Å². The van der Waals surface area contributed by atoms with E-state index in [9.17, 15) is 4.79 Å². The van der Waals surface area contributed by atoms with Crippen LogP contribution in [0.15, 0.2) is 48.8 Å². The minimum atomic E-state index is -0.349. The number of aryl methyl sites for hydroxylation is 1. The summed E-state index contributed by atoms with van der Waals surface area (Å²) in [6.07, 6.45) is 4.97. The van der Waals surface area contributed by atoms with E-state index in [1.807, 2.05) is 61.1 Å². The Balaban J connectivity index is 1.96. The fourth-order valence-corrected chi connectivity index (χ4v) is 2.94. The second kappa shape index (κ2) is 7.34.